The standard InChI is InChI=1S/C8H11NO/c1-6-3-4-8(10)7(5-6)9-2/h3-5,10H,2,9H2,1H3. The van der Waals surface area contributed by atoms with Crippen LogP contribution in [0.5, 0.6) is 5.75 Å². The molecule has 3 N–H and O–H groups in total. The lowest BCUT2D eigenvalue weighted by atomic mass is 10.2. The van der Waals surface area contributed by atoms with E-state index in [4.69, 9.17) is 5.11 Å². The van der Waals surface area contributed by atoms with Gasteiger partial charge in [0, 0.05) is 6.07 Å². The summed E-state index contributed by atoms with van der Waals surface area (Å²) in [6.45, 7) is 1.98. The number of nitrogens with two attached hydrogens (primary N) is 1. The van der Waals surface area contributed by atoms with Crippen molar-refractivity contribution in [3.8, 4) is 5.75 Å². The van der Waals surface area contributed by atoms with Gasteiger partial charge in [-0.3, -0.25) is 0 Å². The lowest BCUT2D eigenvalue weighted by Gasteiger charge is -2.02. The maximum atomic E-state index is 9.16. The van der Waals surface area contributed by atoms with Gasteiger partial charge in [0.2, 0.25) is 0 Å². The van der Waals surface area contributed by atoms with E-state index < -0.39 is 0 Å². The minimum atomic E-state index is 0.292. The highest BCUT2D eigenvalue weighted by Gasteiger charge is 1.98. The normalized spacial score (nSPS) is 9.80. The van der Waals surface area contributed by atoms with E-state index >= 15 is 0 Å². The van der Waals surface area contributed by atoms with Crippen molar-refractivity contribution < 1.29 is 10.4 Å². The number of aryl methyl sites for hydroxylation is 1. The average molecular weight is 137 g/mol. The van der Waals surface area contributed by atoms with Crippen molar-refractivity contribution in [1.82, 2.24) is 0 Å². The van der Waals surface area contributed by atoms with Crippen LogP contribution in [0, 0.1) is 14.0 Å². The molecule has 2 heteroatoms. The second-order valence-corrected chi connectivity index (χ2v) is 2.27. The molecule has 0 amide bonds. The largest absolute Gasteiger partial charge is 0.503 e. The number of hydrogen-bond donors (Lipinski definition) is 2. The topological polar surface area (TPSA) is 36.8 Å². The fourth-order valence-corrected chi connectivity index (χ4v) is 0.837. The van der Waals surface area contributed by atoms with Gasteiger partial charge in [-0.1, -0.05) is 6.07 Å². The minimum absolute atomic E-state index is 0.292. The Morgan fingerprint density at radius 1 is 1.50 bits per heavy atom. The smallest absolute Gasteiger partial charge is 0.174 e. The highest BCUT2D eigenvalue weighted by Crippen LogP contribution is 2.18. The number of quaternary nitrogens is 1. The van der Waals surface area contributed by atoms with Crippen molar-refractivity contribution in [1.29, 1.82) is 0 Å². The molecule has 1 aromatic rings. The SMILES string of the molecule is [CH2-][NH2+]c1cc(C)ccc1O. The highest BCUT2D eigenvalue weighted by atomic mass is 16.3. The van der Waals surface area contributed by atoms with Crippen LogP contribution in [0.3, 0.4) is 0 Å². The zero-order valence-electron chi connectivity index (χ0n) is 5.96. The summed E-state index contributed by atoms with van der Waals surface area (Å²) in [5.74, 6) is 0.292. The van der Waals surface area contributed by atoms with Gasteiger partial charge in [0.1, 0.15) is 5.69 Å². The zero-order valence-corrected chi connectivity index (χ0v) is 5.96. The van der Waals surface area contributed by atoms with Crippen LogP contribution in [0.25, 0.3) is 0 Å². The van der Waals surface area contributed by atoms with Gasteiger partial charge in [0.15, 0.2) is 5.75 Å². The molecule has 0 aliphatic rings. The van der Waals surface area contributed by atoms with Crippen LogP contribution in [-0.2, 0) is 0 Å². The fourth-order valence-electron chi connectivity index (χ4n) is 0.837. The predicted molar refractivity (Wildman–Crippen MR) is 39.8 cm³/mol. The van der Waals surface area contributed by atoms with Crippen molar-refractivity contribution in [2.24, 2.45) is 0 Å². The van der Waals surface area contributed by atoms with Crippen molar-refractivity contribution in [2.45, 2.75) is 6.92 Å². The Hall–Kier alpha value is -1.02. The fraction of sp³-hybridized carbons (Fsp3) is 0.125. The van der Waals surface area contributed by atoms with Crippen LogP contribution in [0.1, 0.15) is 5.56 Å². The van der Waals surface area contributed by atoms with E-state index in [1.54, 1.807) is 11.4 Å². The van der Waals surface area contributed by atoms with Gasteiger partial charge in [-0.05, 0) is 18.6 Å². The molecule has 0 fully saturated rings. The molecule has 1 aromatic carbocycles. The summed E-state index contributed by atoms with van der Waals surface area (Å²) < 4.78 is 0. The number of aromatic hydroxyl groups is 1. The summed E-state index contributed by atoms with van der Waals surface area (Å²) in [7, 11) is 3.57. The molecule has 2 nitrogen and oxygen atoms in total. The molecule has 0 aliphatic carbocycles. The molecule has 0 spiro atoms. The Labute approximate surface area is 60.5 Å². The quantitative estimate of drug-likeness (QED) is 0.333. The van der Waals surface area contributed by atoms with E-state index in [9.17, 15) is 0 Å². The molecule has 0 aliphatic heterocycles. The Balaban J connectivity index is 3.09. The molecular formula is C8H11NO. The Morgan fingerprint density at radius 3 is 2.70 bits per heavy atom. The van der Waals surface area contributed by atoms with E-state index in [2.05, 4.69) is 7.05 Å². The Bertz CT molecular complexity index is 233. The summed E-state index contributed by atoms with van der Waals surface area (Å²) in [4.78, 5) is 0. The maximum absolute atomic E-state index is 9.16. The van der Waals surface area contributed by atoms with Crippen molar-refractivity contribution in [3.05, 3.63) is 30.8 Å². The predicted octanol–water partition coefficient (Wildman–Crippen LogP) is 0.687. The molecule has 0 atom stereocenters. The van der Waals surface area contributed by atoms with Gasteiger partial charge < -0.3 is 10.4 Å². The van der Waals surface area contributed by atoms with Crippen LogP contribution in [0.15, 0.2) is 18.2 Å². The molecule has 0 heterocycles. The number of phenolic OH excluding ortho intramolecular Hbond substituents is 1. The lowest BCUT2D eigenvalue weighted by Crippen LogP contribution is -2.69. The minimum Gasteiger partial charge on any atom is -0.503 e. The summed E-state index contributed by atoms with van der Waals surface area (Å²) in [5.41, 5.74) is 1.92. The van der Waals surface area contributed by atoms with Crippen molar-refractivity contribution in [2.75, 3.05) is 0 Å². The molecular weight excluding hydrogens is 126 g/mol. The van der Waals surface area contributed by atoms with Gasteiger partial charge >= 0.3 is 0 Å². The Morgan fingerprint density at radius 2 is 2.20 bits per heavy atom. The highest BCUT2D eigenvalue weighted by molar-refractivity contribution is 5.46. The lowest BCUT2D eigenvalue weighted by molar-refractivity contribution is -0.505. The number of rotatable bonds is 1. The average Bonchev–Trinajstić information content (AvgIpc) is 1.94. The van der Waals surface area contributed by atoms with Gasteiger partial charge in [-0.25, -0.2) is 0 Å². The van der Waals surface area contributed by atoms with Crippen LogP contribution in [-0.4, -0.2) is 5.11 Å². The van der Waals surface area contributed by atoms with Crippen LogP contribution in [0.2, 0.25) is 0 Å². The third-order valence-electron chi connectivity index (χ3n) is 1.40. The maximum Gasteiger partial charge on any atom is 0.174 e. The first-order valence-electron chi connectivity index (χ1n) is 3.16. The first-order chi connectivity index (χ1) is 4.74. The van der Waals surface area contributed by atoms with Crippen LogP contribution in [0.4, 0.5) is 5.69 Å². The Kier molecular flexibility index (Phi) is 1.92. The first kappa shape index (κ1) is 7.09. The molecule has 10 heavy (non-hydrogen) atoms. The summed E-state index contributed by atoms with van der Waals surface area (Å²) in [5, 5.41) is 10.8. The van der Waals surface area contributed by atoms with Gasteiger partial charge in [-0.15, -0.1) is 7.05 Å². The van der Waals surface area contributed by atoms with Gasteiger partial charge in [0.05, 0.1) is 0 Å². The van der Waals surface area contributed by atoms with E-state index in [0.29, 0.717) is 5.75 Å². The van der Waals surface area contributed by atoms with Gasteiger partial charge in [-0.2, -0.15) is 0 Å². The second kappa shape index (κ2) is 2.71. The van der Waals surface area contributed by atoms with Crippen molar-refractivity contribution >= 4 is 5.69 Å². The second-order valence-electron chi connectivity index (χ2n) is 2.27. The monoisotopic (exact) mass is 137 g/mol. The summed E-state index contributed by atoms with van der Waals surface area (Å²) in [6, 6.07) is 5.43. The summed E-state index contributed by atoms with van der Waals surface area (Å²) >= 11 is 0. The number of benzene rings is 1. The molecule has 0 radical (unpaired) electrons. The zero-order chi connectivity index (χ0) is 7.56. The molecule has 0 saturated carbocycles. The third kappa shape index (κ3) is 1.28. The van der Waals surface area contributed by atoms with E-state index in [-0.39, 0.29) is 0 Å². The number of hydrogen-bond acceptors (Lipinski definition) is 1. The van der Waals surface area contributed by atoms with Crippen LogP contribution < -0.4 is 5.32 Å². The molecule has 0 saturated heterocycles. The van der Waals surface area contributed by atoms with Crippen molar-refractivity contribution in [3.63, 3.8) is 0 Å². The summed E-state index contributed by atoms with van der Waals surface area (Å²) in [6.07, 6.45) is 0. The first-order valence-corrected chi connectivity index (χ1v) is 3.16. The van der Waals surface area contributed by atoms with E-state index in [1.165, 1.54) is 0 Å². The molecule has 54 valence electrons. The van der Waals surface area contributed by atoms with E-state index in [0.717, 1.165) is 11.3 Å². The van der Waals surface area contributed by atoms with E-state index in [1.807, 2.05) is 19.1 Å². The van der Waals surface area contributed by atoms with Crippen LogP contribution >= 0.6 is 0 Å². The molecule has 0 unspecified atom stereocenters. The molecule has 0 aromatic heterocycles. The molecule has 1 rings (SSSR count). The molecule has 0 bridgehead atoms. The third-order valence-corrected chi connectivity index (χ3v) is 1.40. The van der Waals surface area contributed by atoms with Gasteiger partial charge in [0.25, 0.3) is 0 Å². The number of phenols is 1.